The van der Waals surface area contributed by atoms with E-state index in [9.17, 15) is 4.79 Å². The van der Waals surface area contributed by atoms with Crippen molar-refractivity contribution in [3.05, 3.63) is 118 Å². The summed E-state index contributed by atoms with van der Waals surface area (Å²) in [5.74, 6) is 0.511. The van der Waals surface area contributed by atoms with Crippen LogP contribution in [0.25, 0.3) is 5.70 Å². The summed E-state index contributed by atoms with van der Waals surface area (Å²) >= 11 is 0. The van der Waals surface area contributed by atoms with Crippen LogP contribution in [-0.4, -0.2) is 36.0 Å². The van der Waals surface area contributed by atoms with Gasteiger partial charge in [-0.25, -0.2) is 0 Å². The van der Waals surface area contributed by atoms with Gasteiger partial charge in [-0.05, 0) is 66.5 Å². The molecule has 0 spiro atoms. The Morgan fingerprint density at radius 1 is 0.978 bits per heavy atom. The molecule has 3 aliphatic rings. The molecule has 2 heterocycles. The van der Waals surface area contributed by atoms with Crippen LogP contribution in [-0.2, 0) is 35.5 Å². The van der Waals surface area contributed by atoms with Crippen molar-refractivity contribution in [1.82, 2.24) is 9.80 Å². The number of nitrogens with zero attached hydrogens (tertiary/aromatic N) is 2. The van der Waals surface area contributed by atoms with Crippen molar-refractivity contribution < 1.29 is 14.3 Å². The van der Waals surface area contributed by atoms with Gasteiger partial charge < -0.3 is 19.3 Å². The zero-order valence-electron chi connectivity index (χ0n) is 27.3. The van der Waals surface area contributed by atoms with Crippen LogP contribution >= 0.6 is 0 Å². The molecule has 0 aromatic heterocycles. The molecule has 236 valence electrons. The molecule has 0 radical (unpaired) electrons. The van der Waals surface area contributed by atoms with Gasteiger partial charge in [-0.1, -0.05) is 93.9 Å². The highest BCUT2D eigenvalue weighted by atomic mass is 16.5. The summed E-state index contributed by atoms with van der Waals surface area (Å²) in [7, 11) is 1.66. The predicted octanol–water partition coefficient (Wildman–Crippen LogP) is 8.41. The van der Waals surface area contributed by atoms with Crippen molar-refractivity contribution in [2.45, 2.75) is 78.0 Å². The summed E-state index contributed by atoms with van der Waals surface area (Å²) in [4.78, 5) is 18.8. The van der Waals surface area contributed by atoms with Crippen molar-refractivity contribution in [2.75, 3.05) is 20.2 Å². The Kier molecular flexibility index (Phi) is 9.34. The third-order valence-electron chi connectivity index (χ3n) is 10.3. The van der Waals surface area contributed by atoms with Crippen molar-refractivity contribution in [1.29, 1.82) is 0 Å². The summed E-state index contributed by atoms with van der Waals surface area (Å²) in [6.45, 7) is 16.4. The zero-order valence-corrected chi connectivity index (χ0v) is 27.3. The summed E-state index contributed by atoms with van der Waals surface area (Å²) in [6, 6.07) is 21.7. The Balaban J connectivity index is 1.26. The minimum absolute atomic E-state index is 0.0625. The molecule has 1 fully saturated rings. The van der Waals surface area contributed by atoms with E-state index in [2.05, 4.69) is 65.8 Å². The van der Waals surface area contributed by atoms with Gasteiger partial charge in [-0.2, -0.15) is 0 Å². The van der Waals surface area contributed by atoms with Crippen LogP contribution in [0.1, 0.15) is 84.0 Å². The zero-order chi connectivity index (χ0) is 31.5. The van der Waals surface area contributed by atoms with Gasteiger partial charge in [-0.15, -0.1) is 0 Å². The van der Waals surface area contributed by atoms with E-state index in [-0.39, 0.29) is 30.5 Å². The number of esters is 1. The first kappa shape index (κ1) is 31.0. The van der Waals surface area contributed by atoms with E-state index < -0.39 is 0 Å². The minimum Gasteiger partial charge on any atom is -0.496 e. The molecule has 3 aromatic rings. The fourth-order valence-electron chi connectivity index (χ4n) is 7.93. The fraction of sp³-hybridized carbons (Fsp3) is 0.425. The molecule has 0 saturated heterocycles. The first-order valence-electron chi connectivity index (χ1n) is 16.8. The van der Waals surface area contributed by atoms with E-state index in [1.165, 1.54) is 27.8 Å². The van der Waals surface area contributed by atoms with Gasteiger partial charge in [0.1, 0.15) is 12.4 Å². The normalized spacial score (nSPS) is 20.9. The smallest absolute Gasteiger partial charge is 0.309 e. The van der Waals surface area contributed by atoms with E-state index in [1.54, 1.807) is 7.11 Å². The lowest BCUT2D eigenvalue weighted by Gasteiger charge is -2.46. The van der Waals surface area contributed by atoms with Crippen LogP contribution < -0.4 is 4.74 Å². The van der Waals surface area contributed by atoms with Gasteiger partial charge >= 0.3 is 5.97 Å². The molecule has 3 atom stereocenters. The van der Waals surface area contributed by atoms with E-state index in [0.29, 0.717) is 0 Å². The Hall–Kier alpha value is -3.99. The molecule has 3 unspecified atom stereocenters. The number of hydrogen-bond donors (Lipinski definition) is 0. The van der Waals surface area contributed by atoms with E-state index in [4.69, 9.17) is 16.1 Å². The average molecular weight is 605 g/mol. The first-order valence-corrected chi connectivity index (χ1v) is 16.8. The van der Waals surface area contributed by atoms with Crippen LogP contribution in [0.3, 0.4) is 0 Å². The third kappa shape index (κ3) is 6.27. The molecular formula is C40H48N2O3. The molecule has 0 amide bonds. The van der Waals surface area contributed by atoms with Crippen molar-refractivity contribution >= 4 is 11.7 Å². The van der Waals surface area contributed by atoms with Gasteiger partial charge in [-0.3, -0.25) is 4.79 Å². The number of methoxy groups -OCH3 is 1. The number of fused-ring (bicyclic) bond motifs is 2. The van der Waals surface area contributed by atoms with E-state index >= 15 is 0 Å². The first-order chi connectivity index (χ1) is 21.9. The van der Waals surface area contributed by atoms with Crippen LogP contribution in [0.5, 0.6) is 5.75 Å². The van der Waals surface area contributed by atoms with Gasteiger partial charge in [0.2, 0.25) is 0 Å². The Morgan fingerprint density at radius 2 is 1.76 bits per heavy atom. The van der Waals surface area contributed by atoms with E-state index in [0.717, 1.165) is 92.9 Å². The Morgan fingerprint density at radius 3 is 2.53 bits per heavy atom. The van der Waals surface area contributed by atoms with Crippen LogP contribution in [0.2, 0.25) is 0 Å². The highest BCUT2D eigenvalue weighted by Gasteiger charge is 2.40. The largest absolute Gasteiger partial charge is 0.496 e. The average Bonchev–Trinajstić information content (AvgIpc) is 3.38. The van der Waals surface area contributed by atoms with Gasteiger partial charge in [0, 0.05) is 48.1 Å². The summed E-state index contributed by atoms with van der Waals surface area (Å²) in [5.41, 5.74) is 11.1. The topological polar surface area (TPSA) is 42.0 Å². The van der Waals surface area contributed by atoms with Crippen LogP contribution in [0.4, 0.5) is 0 Å². The lowest BCUT2D eigenvalue weighted by molar-refractivity contribution is -0.153. The number of rotatable bonds is 10. The number of aryl methyl sites for hydroxylation is 2. The lowest BCUT2D eigenvalue weighted by atomic mass is 9.76. The molecule has 45 heavy (non-hydrogen) atoms. The van der Waals surface area contributed by atoms with Gasteiger partial charge in [0.25, 0.3) is 0 Å². The van der Waals surface area contributed by atoms with Crippen molar-refractivity contribution in [3.8, 4) is 5.75 Å². The molecule has 5 nitrogen and oxygen atoms in total. The number of ether oxygens (including phenoxy) is 2. The maximum Gasteiger partial charge on any atom is 0.309 e. The van der Waals surface area contributed by atoms with Gasteiger partial charge in [0.05, 0.1) is 19.1 Å². The minimum atomic E-state index is -0.193. The second-order valence-electron chi connectivity index (χ2n) is 13.1. The molecule has 1 aliphatic carbocycles. The lowest BCUT2D eigenvalue weighted by Crippen LogP contribution is -2.44. The molecule has 3 aromatic carbocycles. The molecular weight excluding hydrogens is 556 g/mol. The fourth-order valence-corrected chi connectivity index (χ4v) is 7.93. The Labute approximate surface area is 269 Å². The quantitative estimate of drug-likeness (QED) is 0.217. The predicted molar refractivity (Wildman–Crippen MR) is 182 cm³/mol. The number of carbonyl (C=O) groups excluding carboxylic acids is 1. The molecule has 5 heteroatoms. The van der Waals surface area contributed by atoms with E-state index in [1.807, 2.05) is 25.1 Å². The second kappa shape index (κ2) is 13.6. The molecule has 0 bridgehead atoms. The standard InChI is InChI=1S/C40H48N2O3/c1-6-12-30-14-11-15-31-21-22-42(37(39(30)31)25-41-24-32-13-7-8-16-34(32)28(41)3)29(4)35-17-9-10-18-36(35)40(43)45-26-33-20-19-27(2)23-38(33)44-5/h7-8,11,13-16,19-20,23,35-37H,3-4,6,9-10,12,17-18,21-22,24-26H2,1-2,5H3. The summed E-state index contributed by atoms with van der Waals surface area (Å²) < 4.78 is 11.6. The number of allylic oxidation sites excluding steroid dienone is 1. The molecule has 1 saturated carbocycles. The number of carbonyl (C=O) groups is 1. The van der Waals surface area contributed by atoms with Crippen LogP contribution in [0.15, 0.2) is 79.5 Å². The SMILES string of the molecule is C=C1c2ccccc2CN1CC1c2c(CCC)cccc2CCN1C(=C)C1CCCCC1C(=O)OCc1ccc(C)cc1OC. The molecule has 2 aliphatic heterocycles. The maximum absolute atomic E-state index is 13.8. The third-order valence-corrected chi connectivity index (χ3v) is 10.3. The van der Waals surface area contributed by atoms with Crippen molar-refractivity contribution in [3.63, 3.8) is 0 Å². The summed E-state index contributed by atoms with van der Waals surface area (Å²) in [5, 5.41) is 0. The highest BCUT2D eigenvalue weighted by molar-refractivity contribution is 5.73. The Bertz CT molecular complexity index is 1580. The molecule has 0 N–H and O–H groups in total. The monoisotopic (exact) mass is 604 g/mol. The highest BCUT2D eigenvalue weighted by Crippen LogP contribution is 2.44. The maximum atomic E-state index is 13.8. The summed E-state index contributed by atoms with van der Waals surface area (Å²) in [6.07, 6.45) is 7.09. The second-order valence-corrected chi connectivity index (χ2v) is 13.1. The number of benzene rings is 3. The van der Waals surface area contributed by atoms with Gasteiger partial charge in [0.15, 0.2) is 0 Å². The van der Waals surface area contributed by atoms with Crippen LogP contribution in [0, 0.1) is 18.8 Å². The number of hydrogen-bond acceptors (Lipinski definition) is 5. The van der Waals surface area contributed by atoms with Crippen molar-refractivity contribution in [2.24, 2.45) is 11.8 Å². The molecule has 6 rings (SSSR count).